The summed E-state index contributed by atoms with van der Waals surface area (Å²) in [5, 5.41) is 8.64. The molecule has 0 fully saturated rings. The van der Waals surface area contributed by atoms with Crippen LogP contribution >= 0.6 is 0 Å². The van der Waals surface area contributed by atoms with Crippen LogP contribution in [0.5, 0.6) is 0 Å². The first-order valence-electron chi connectivity index (χ1n) is 3.92. The molecule has 1 N–H and O–H groups in total. The molecule has 0 bridgehead atoms. The van der Waals surface area contributed by atoms with E-state index in [4.69, 9.17) is 5.11 Å². The SMILES string of the molecule is CN=C(C)c1ccc(C(=O)O)cc1. The molecule has 0 spiro atoms. The second-order valence-electron chi connectivity index (χ2n) is 2.69. The van der Waals surface area contributed by atoms with Crippen LogP contribution in [0.25, 0.3) is 0 Å². The van der Waals surface area contributed by atoms with Crippen LogP contribution in [-0.2, 0) is 0 Å². The van der Waals surface area contributed by atoms with Gasteiger partial charge in [-0.3, -0.25) is 4.99 Å². The summed E-state index contributed by atoms with van der Waals surface area (Å²) in [6.45, 7) is 1.88. The van der Waals surface area contributed by atoms with E-state index in [0.29, 0.717) is 5.56 Å². The van der Waals surface area contributed by atoms with Gasteiger partial charge in [0.25, 0.3) is 0 Å². The standard InChI is InChI=1S/C10H11NO2/c1-7(11-2)8-3-5-9(6-4-8)10(12)13/h3-6H,1-2H3,(H,12,13). The monoisotopic (exact) mass is 177 g/mol. The molecule has 0 amide bonds. The molecule has 0 aliphatic heterocycles. The molecule has 1 aromatic rings. The maximum atomic E-state index is 10.5. The summed E-state index contributed by atoms with van der Waals surface area (Å²) in [5.74, 6) is -0.905. The van der Waals surface area contributed by atoms with E-state index in [-0.39, 0.29) is 0 Å². The van der Waals surface area contributed by atoms with Gasteiger partial charge in [0.05, 0.1) is 5.56 Å². The average molecular weight is 177 g/mol. The Hall–Kier alpha value is -1.64. The van der Waals surface area contributed by atoms with Crippen LogP contribution in [0.15, 0.2) is 29.3 Å². The van der Waals surface area contributed by atoms with Crippen molar-refractivity contribution in [1.82, 2.24) is 0 Å². The zero-order valence-electron chi connectivity index (χ0n) is 7.61. The Balaban J connectivity index is 3.00. The second-order valence-corrected chi connectivity index (χ2v) is 2.69. The Labute approximate surface area is 76.7 Å². The number of benzene rings is 1. The third kappa shape index (κ3) is 2.15. The lowest BCUT2D eigenvalue weighted by atomic mass is 10.1. The third-order valence-corrected chi connectivity index (χ3v) is 1.89. The molecule has 68 valence electrons. The fourth-order valence-electron chi connectivity index (χ4n) is 0.983. The summed E-state index contributed by atoms with van der Waals surface area (Å²) in [6, 6.07) is 6.66. The molecule has 1 rings (SSSR count). The van der Waals surface area contributed by atoms with Crippen molar-refractivity contribution in [3.05, 3.63) is 35.4 Å². The number of aliphatic imine (C=N–C) groups is 1. The van der Waals surface area contributed by atoms with Gasteiger partial charge in [-0.2, -0.15) is 0 Å². The molecule has 0 saturated carbocycles. The van der Waals surface area contributed by atoms with Crippen molar-refractivity contribution in [1.29, 1.82) is 0 Å². The first-order valence-corrected chi connectivity index (χ1v) is 3.92. The topological polar surface area (TPSA) is 49.7 Å². The van der Waals surface area contributed by atoms with Gasteiger partial charge < -0.3 is 5.11 Å². The minimum atomic E-state index is -0.905. The first-order chi connectivity index (χ1) is 6.15. The Bertz CT molecular complexity index is 338. The van der Waals surface area contributed by atoms with Crippen molar-refractivity contribution in [3.63, 3.8) is 0 Å². The van der Waals surface area contributed by atoms with Crippen molar-refractivity contribution >= 4 is 11.7 Å². The summed E-state index contributed by atoms with van der Waals surface area (Å²) in [5.41, 5.74) is 2.15. The minimum absolute atomic E-state index is 0.299. The summed E-state index contributed by atoms with van der Waals surface area (Å²) in [7, 11) is 1.71. The Morgan fingerprint density at radius 1 is 1.23 bits per heavy atom. The number of carboxylic acids is 1. The van der Waals surface area contributed by atoms with Crippen LogP contribution in [0.1, 0.15) is 22.8 Å². The summed E-state index contributed by atoms with van der Waals surface area (Å²) >= 11 is 0. The molecule has 0 aromatic heterocycles. The van der Waals surface area contributed by atoms with E-state index >= 15 is 0 Å². The van der Waals surface area contributed by atoms with Crippen molar-refractivity contribution in [3.8, 4) is 0 Å². The van der Waals surface area contributed by atoms with Crippen LogP contribution in [0.3, 0.4) is 0 Å². The maximum absolute atomic E-state index is 10.5. The summed E-state index contributed by atoms with van der Waals surface area (Å²) in [6.07, 6.45) is 0. The number of hydrogen-bond donors (Lipinski definition) is 1. The van der Waals surface area contributed by atoms with Gasteiger partial charge in [-0.1, -0.05) is 12.1 Å². The van der Waals surface area contributed by atoms with E-state index in [1.165, 1.54) is 0 Å². The van der Waals surface area contributed by atoms with Crippen molar-refractivity contribution in [2.24, 2.45) is 4.99 Å². The van der Waals surface area contributed by atoms with E-state index in [1.54, 1.807) is 31.3 Å². The van der Waals surface area contributed by atoms with Crippen molar-refractivity contribution < 1.29 is 9.90 Å². The van der Waals surface area contributed by atoms with Gasteiger partial charge in [0.1, 0.15) is 0 Å². The zero-order chi connectivity index (χ0) is 9.84. The fourth-order valence-corrected chi connectivity index (χ4v) is 0.983. The smallest absolute Gasteiger partial charge is 0.335 e. The molecule has 0 radical (unpaired) electrons. The van der Waals surface area contributed by atoms with Gasteiger partial charge in [-0.05, 0) is 24.6 Å². The molecule has 3 heteroatoms. The van der Waals surface area contributed by atoms with Gasteiger partial charge in [0.2, 0.25) is 0 Å². The molecule has 0 heterocycles. The summed E-state index contributed by atoms with van der Waals surface area (Å²) in [4.78, 5) is 14.5. The molecule has 3 nitrogen and oxygen atoms in total. The summed E-state index contributed by atoms with van der Waals surface area (Å²) < 4.78 is 0. The van der Waals surface area contributed by atoms with E-state index in [0.717, 1.165) is 11.3 Å². The Kier molecular flexibility index (Phi) is 2.80. The molecular weight excluding hydrogens is 166 g/mol. The molecular formula is C10H11NO2. The number of carboxylic acid groups (broad SMARTS) is 1. The van der Waals surface area contributed by atoms with Crippen LogP contribution < -0.4 is 0 Å². The van der Waals surface area contributed by atoms with Crippen LogP contribution in [-0.4, -0.2) is 23.8 Å². The minimum Gasteiger partial charge on any atom is -0.478 e. The van der Waals surface area contributed by atoms with Crippen molar-refractivity contribution in [2.45, 2.75) is 6.92 Å². The van der Waals surface area contributed by atoms with Gasteiger partial charge in [0.15, 0.2) is 0 Å². The number of nitrogens with zero attached hydrogens (tertiary/aromatic N) is 1. The van der Waals surface area contributed by atoms with Crippen LogP contribution in [0, 0.1) is 0 Å². The van der Waals surface area contributed by atoms with Gasteiger partial charge >= 0.3 is 5.97 Å². The average Bonchev–Trinajstić information content (AvgIpc) is 2.17. The number of aromatic carboxylic acids is 1. The van der Waals surface area contributed by atoms with Crippen LogP contribution in [0.2, 0.25) is 0 Å². The first kappa shape index (κ1) is 9.45. The van der Waals surface area contributed by atoms with E-state index in [9.17, 15) is 4.79 Å². The highest BCUT2D eigenvalue weighted by molar-refractivity contribution is 5.99. The van der Waals surface area contributed by atoms with E-state index in [2.05, 4.69) is 4.99 Å². The third-order valence-electron chi connectivity index (χ3n) is 1.89. The normalized spacial score (nSPS) is 11.4. The molecule has 0 saturated heterocycles. The highest BCUT2D eigenvalue weighted by Crippen LogP contribution is 2.05. The molecule has 0 unspecified atom stereocenters. The highest BCUT2D eigenvalue weighted by atomic mass is 16.4. The predicted octanol–water partition coefficient (Wildman–Crippen LogP) is 1.82. The maximum Gasteiger partial charge on any atom is 0.335 e. The van der Waals surface area contributed by atoms with Gasteiger partial charge in [0, 0.05) is 12.8 Å². The molecule has 0 aliphatic rings. The molecule has 0 aliphatic carbocycles. The largest absolute Gasteiger partial charge is 0.478 e. The predicted molar refractivity (Wildman–Crippen MR) is 51.5 cm³/mol. The van der Waals surface area contributed by atoms with Gasteiger partial charge in [-0.15, -0.1) is 0 Å². The quantitative estimate of drug-likeness (QED) is 0.700. The Morgan fingerprint density at radius 2 is 1.69 bits per heavy atom. The lowest BCUT2D eigenvalue weighted by molar-refractivity contribution is 0.0697. The highest BCUT2D eigenvalue weighted by Gasteiger charge is 2.02. The second kappa shape index (κ2) is 3.85. The van der Waals surface area contributed by atoms with Crippen LogP contribution in [0.4, 0.5) is 0 Å². The number of carbonyl (C=O) groups is 1. The zero-order valence-corrected chi connectivity index (χ0v) is 7.61. The molecule has 0 atom stereocenters. The Morgan fingerprint density at radius 3 is 2.08 bits per heavy atom. The van der Waals surface area contributed by atoms with Gasteiger partial charge in [-0.25, -0.2) is 4.79 Å². The lowest BCUT2D eigenvalue weighted by Gasteiger charge is -1.99. The molecule has 1 aromatic carbocycles. The number of hydrogen-bond acceptors (Lipinski definition) is 2. The fraction of sp³-hybridized carbons (Fsp3) is 0.200. The lowest BCUT2D eigenvalue weighted by Crippen LogP contribution is -1.98. The number of rotatable bonds is 2. The molecule has 13 heavy (non-hydrogen) atoms. The van der Waals surface area contributed by atoms with Crippen molar-refractivity contribution in [2.75, 3.05) is 7.05 Å². The van der Waals surface area contributed by atoms with E-state index in [1.807, 2.05) is 6.92 Å². The van der Waals surface area contributed by atoms with E-state index < -0.39 is 5.97 Å².